The molecule has 5 rings (SSSR count). The molecule has 0 unspecified atom stereocenters. The lowest BCUT2D eigenvalue weighted by molar-refractivity contribution is -0.153. The van der Waals surface area contributed by atoms with Gasteiger partial charge in [0.05, 0.1) is 23.9 Å². The first-order valence-corrected chi connectivity index (χ1v) is 11.1. The summed E-state index contributed by atoms with van der Waals surface area (Å²) in [5.41, 5.74) is -1.97. The van der Waals surface area contributed by atoms with Gasteiger partial charge in [-0.25, -0.2) is 13.6 Å². The lowest BCUT2D eigenvalue weighted by Gasteiger charge is -2.55. The molecular formula is C24H22F2N4O5. The van der Waals surface area contributed by atoms with Crippen LogP contribution in [0.1, 0.15) is 30.5 Å². The van der Waals surface area contributed by atoms with Crippen LogP contribution in [0.25, 0.3) is 0 Å². The zero-order valence-corrected chi connectivity index (χ0v) is 18.8. The van der Waals surface area contributed by atoms with Crippen molar-refractivity contribution in [3.63, 3.8) is 0 Å². The number of barbiturate groups is 1. The van der Waals surface area contributed by atoms with Gasteiger partial charge in [-0.15, -0.1) is 0 Å². The fraction of sp³-hybridized carbons (Fsp3) is 0.333. The normalized spacial score (nSPS) is 25.6. The summed E-state index contributed by atoms with van der Waals surface area (Å²) in [5, 5.41) is 17.2. The Morgan fingerprint density at radius 3 is 2.40 bits per heavy atom. The van der Waals surface area contributed by atoms with E-state index in [1.165, 1.54) is 11.0 Å². The van der Waals surface area contributed by atoms with E-state index in [4.69, 9.17) is 4.74 Å². The number of benzene rings is 2. The van der Waals surface area contributed by atoms with Crippen LogP contribution in [-0.4, -0.2) is 53.6 Å². The molecule has 2 aromatic carbocycles. The van der Waals surface area contributed by atoms with Gasteiger partial charge >= 0.3 is 6.03 Å². The Morgan fingerprint density at radius 2 is 1.77 bits per heavy atom. The number of urea groups is 1. The number of rotatable bonds is 2. The van der Waals surface area contributed by atoms with Crippen LogP contribution in [-0.2, 0) is 20.7 Å². The summed E-state index contributed by atoms with van der Waals surface area (Å²) in [6.45, 7) is 3.46. The molecule has 35 heavy (non-hydrogen) atoms. The van der Waals surface area contributed by atoms with Gasteiger partial charge in [0.15, 0.2) is 17.0 Å². The van der Waals surface area contributed by atoms with E-state index in [0.29, 0.717) is 5.56 Å². The van der Waals surface area contributed by atoms with Crippen LogP contribution in [0.4, 0.5) is 19.3 Å². The molecule has 1 spiro atoms. The highest BCUT2D eigenvalue weighted by Gasteiger charge is 2.63. The minimum Gasteiger partial charge on any atom is -0.410 e. The number of anilines is 1. The number of morpholine rings is 1. The second-order valence-corrected chi connectivity index (χ2v) is 9.01. The summed E-state index contributed by atoms with van der Waals surface area (Å²) in [7, 11) is 0. The van der Waals surface area contributed by atoms with Gasteiger partial charge in [0.1, 0.15) is 5.71 Å². The van der Waals surface area contributed by atoms with E-state index in [1.807, 2.05) is 0 Å². The number of fused-ring (bicyclic) bond motifs is 4. The molecule has 0 aromatic heterocycles. The maximum atomic E-state index is 15.7. The van der Waals surface area contributed by atoms with Crippen LogP contribution in [0.2, 0.25) is 0 Å². The number of hydrogen-bond acceptors (Lipinski definition) is 7. The van der Waals surface area contributed by atoms with E-state index < -0.39 is 53.1 Å². The number of nitrogens with one attached hydrogen (secondary N) is 2. The molecular weight excluding hydrogens is 462 g/mol. The molecule has 3 heterocycles. The van der Waals surface area contributed by atoms with E-state index in [1.54, 1.807) is 44.2 Å². The number of amides is 4. The largest absolute Gasteiger partial charge is 0.410 e. The Bertz CT molecular complexity index is 1260. The maximum absolute atomic E-state index is 15.7. The van der Waals surface area contributed by atoms with Crippen molar-refractivity contribution in [2.24, 2.45) is 10.6 Å². The summed E-state index contributed by atoms with van der Waals surface area (Å²) in [6, 6.07) is 7.49. The van der Waals surface area contributed by atoms with E-state index in [9.17, 15) is 19.6 Å². The molecule has 2 fully saturated rings. The van der Waals surface area contributed by atoms with Gasteiger partial charge in [-0.05, 0) is 25.5 Å². The number of oxime groups is 1. The summed E-state index contributed by atoms with van der Waals surface area (Å²) >= 11 is 0. The Labute approximate surface area is 198 Å². The standard InChI is InChI=1S/C24H22F2N4O5/c1-11-10-30-19-14(8-15(16(25)17(19)26)18(29-34)13-6-4-3-5-7-13)9-24(20(30)12(2)35-11)21(31)27-23(33)28-22(24)32/h3-8,11-12,20,34H,9-10H2,1-2H3,(H2,27,28,31,32,33)/b29-18-/t11-,12+,20-/m1/s1. The average Bonchev–Trinajstić information content (AvgIpc) is 2.81. The minimum absolute atomic E-state index is 0.0770. The van der Waals surface area contributed by atoms with Gasteiger partial charge in [-0.3, -0.25) is 20.2 Å². The highest BCUT2D eigenvalue weighted by molar-refractivity contribution is 6.20. The van der Waals surface area contributed by atoms with Crippen LogP contribution in [0.5, 0.6) is 0 Å². The van der Waals surface area contributed by atoms with Crippen molar-refractivity contribution in [3.8, 4) is 0 Å². The van der Waals surface area contributed by atoms with Crippen molar-refractivity contribution < 1.29 is 33.1 Å². The van der Waals surface area contributed by atoms with Crippen LogP contribution < -0.4 is 15.5 Å². The zero-order chi connectivity index (χ0) is 25.1. The van der Waals surface area contributed by atoms with E-state index >= 15 is 8.78 Å². The monoisotopic (exact) mass is 484 g/mol. The topological polar surface area (TPSA) is 120 Å². The third-order valence-corrected chi connectivity index (χ3v) is 6.87. The predicted octanol–water partition coefficient (Wildman–Crippen LogP) is 2.08. The minimum atomic E-state index is -1.84. The van der Waals surface area contributed by atoms with Gasteiger partial charge in [0, 0.05) is 24.1 Å². The second kappa shape index (κ2) is 8.12. The summed E-state index contributed by atoms with van der Waals surface area (Å²) in [5.74, 6) is -4.11. The highest BCUT2D eigenvalue weighted by atomic mass is 19.2. The molecule has 2 saturated heterocycles. The quantitative estimate of drug-likeness (QED) is 0.260. The molecule has 3 aliphatic rings. The highest BCUT2D eigenvalue weighted by Crippen LogP contribution is 2.48. The van der Waals surface area contributed by atoms with Crippen molar-refractivity contribution in [1.29, 1.82) is 0 Å². The molecule has 11 heteroatoms. The maximum Gasteiger partial charge on any atom is 0.328 e. The predicted molar refractivity (Wildman–Crippen MR) is 119 cm³/mol. The summed E-state index contributed by atoms with van der Waals surface area (Å²) in [6.07, 6.45) is -1.46. The third kappa shape index (κ3) is 3.29. The zero-order valence-electron chi connectivity index (χ0n) is 18.8. The van der Waals surface area contributed by atoms with Crippen LogP contribution >= 0.6 is 0 Å². The smallest absolute Gasteiger partial charge is 0.328 e. The number of ether oxygens (including phenoxy) is 1. The van der Waals surface area contributed by atoms with Gasteiger partial charge in [0.25, 0.3) is 0 Å². The van der Waals surface area contributed by atoms with Crippen LogP contribution in [0.3, 0.4) is 0 Å². The lowest BCUT2D eigenvalue weighted by Crippen LogP contribution is -2.75. The third-order valence-electron chi connectivity index (χ3n) is 6.87. The first-order valence-electron chi connectivity index (χ1n) is 11.1. The van der Waals surface area contributed by atoms with E-state index in [-0.39, 0.29) is 35.5 Å². The van der Waals surface area contributed by atoms with Crippen LogP contribution in [0, 0.1) is 17.0 Å². The second-order valence-electron chi connectivity index (χ2n) is 9.01. The molecule has 3 N–H and O–H groups in total. The average molecular weight is 484 g/mol. The lowest BCUT2D eigenvalue weighted by atomic mass is 9.66. The molecule has 182 valence electrons. The summed E-state index contributed by atoms with van der Waals surface area (Å²) in [4.78, 5) is 39.8. The fourth-order valence-corrected chi connectivity index (χ4v) is 5.57. The first kappa shape index (κ1) is 22.9. The molecule has 3 aliphatic heterocycles. The molecule has 0 radical (unpaired) electrons. The molecule has 4 amide bonds. The van der Waals surface area contributed by atoms with Gasteiger partial charge in [0.2, 0.25) is 11.8 Å². The number of carbonyl (C=O) groups is 3. The molecule has 0 aliphatic carbocycles. The number of halogens is 2. The van der Waals surface area contributed by atoms with E-state index in [2.05, 4.69) is 15.8 Å². The van der Waals surface area contributed by atoms with Crippen molar-refractivity contribution in [2.45, 2.75) is 38.5 Å². The Morgan fingerprint density at radius 1 is 1.11 bits per heavy atom. The molecule has 9 nitrogen and oxygen atoms in total. The van der Waals surface area contributed by atoms with Crippen molar-refractivity contribution >= 4 is 29.2 Å². The Kier molecular flexibility index (Phi) is 5.32. The number of hydrogen-bond donors (Lipinski definition) is 3. The number of imide groups is 2. The SMILES string of the molecule is C[C@@H]1CN2c3c(cc(/C(=N\O)c4ccccc4)c(F)c3F)CC3(C(=O)NC(=O)NC3=O)[C@H]2[C@H](C)O1. The first-order chi connectivity index (χ1) is 16.7. The van der Waals surface area contributed by atoms with Crippen LogP contribution in [0.15, 0.2) is 41.6 Å². The Hall–Kier alpha value is -3.86. The van der Waals surface area contributed by atoms with Crippen molar-refractivity contribution in [3.05, 3.63) is 64.7 Å². The van der Waals surface area contributed by atoms with Crippen molar-refractivity contribution in [1.82, 2.24) is 10.6 Å². The Balaban J connectivity index is 1.74. The van der Waals surface area contributed by atoms with Crippen molar-refractivity contribution in [2.75, 3.05) is 11.4 Å². The van der Waals surface area contributed by atoms with E-state index in [0.717, 1.165) is 0 Å². The van der Waals surface area contributed by atoms with Gasteiger partial charge in [-0.1, -0.05) is 35.5 Å². The number of nitrogens with zero attached hydrogens (tertiary/aromatic N) is 2. The van der Waals surface area contributed by atoms with Gasteiger partial charge in [-0.2, -0.15) is 0 Å². The molecule has 0 saturated carbocycles. The molecule has 2 aromatic rings. The summed E-state index contributed by atoms with van der Waals surface area (Å²) < 4.78 is 37.1. The van der Waals surface area contributed by atoms with Gasteiger partial charge < -0.3 is 14.8 Å². The molecule has 0 bridgehead atoms. The number of carbonyl (C=O) groups excluding carboxylic acids is 3. The molecule has 3 atom stereocenters. The fourth-order valence-electron chi connectivity index (χ4n) is 5.57.